The van der Waals surface area contributed by atoms with Gasteiger partial charge in [-0.3, -0.25) is 0 Å². The van der Waals surface area contributed by atoms with E-state index < -0.39 is 20.0 Å². The summed E-state index contributed by atoms with van der Waals surface area (Å²) in [6.07, 6.45) is 0.913. The molecule has 0 aliphatic carbocycles. The monoisotopic (exact) mass is 190 g/mol. The molecule has 0 fully saturated rings. The van der Waals surface area contributed by atoms with Crippen molar-refractivity contribution < 1.29 is 19.2 Å². The number of rotatable bonds is 4. The van der Waals surface area contributed by atoms with Crippen molar-refractivity contribution in [3.63, 3.8) is 0 Å². The molecular weight excluding hydrogens is 179 g/mol. The van der Waals surface area contributed by atoms with Crippen LogP contribution in [0.5, 0.6) is 0 Å². The van der Waals surface area contributed by atoms with E-state index in [1.54, 1.807) is 0 Å². The van der Waals surface area contributed by atoms with Gasteiger partial charge in [0.1, 0.15) is 8.46 Å². The fourth-order valence-corrected chi connectivity index (χ4v) is 0.601. The molecule has 4 nitrogen and oxygen atoms in total. The van der Waals surface area contributed by atoms with Gasteiger partial charge in [-0.15, -0.1) is 0 Å². The van der Waals surface area contributed by atoms with Crippen molar-refractivity contribution in [3.05, 3.63) is 24.8 Å². The second kappa shape index (κ2) is 4.24. The minimum Gasteiger partial charge on any atom is -0.419 e. The highest BCUT2D eigenvalue weighted by Crippen LogP contribution is 2.23. The van der Waals surface area contributed by atoms with E-state index in [0.717, 1.165) is 6.08 Å². The Morgan fingerprint density at radius 2 is 2.25 bits per heavy atom. The van der Waals surface area contributed by atoms with E-state index in [4.69, 9.17) is 0 Å². The van der Waals surface area contributed by atoms with Crippen LogP contribution >= 0.6 is 8.46 Å². The second-order valence-corrected chi connectivity index (χ2v) is 3.31. The molecule has 0 aliphatic heterocycles. The third kappa shape index (κ3) is 3.03. The van der Waals surface area contributed by atoms with Crippen LogP contribution in [0.25, 0.3) is 0 Å². The van der Waals surface area contributed by atoms with Crippen molar-refractivity contribution in [2.45, 2.75) is 12.5 Å². The van der Waals surface area contributed by atoms with Gasteiger partial charge in [-0.1, -0.05) is 13.2 Å². The van der Waals surface area contributed by atoms with Crippen LogP contribution in [0.3, 0.4) is 0 Å². The summed E-state index contributed by atoms with van der Waals surface area (Å²) in [5, 5.41) is 9.17. The van der Waals surface area contributed by atoms with Crippen LogP contribution in [0.1, 0.15) is 6.92 Å². The van der Waals surface area contributed by atoms with Gasteiger partial charge >= 0.3 is 5.97 Å². The van der Waals surface area contributed by atoms with Gasteiger partial charge in [0.15, 0.2) is 0 Å². The van der Waals surface area contributed by atoms with Crippen molar-refractivity contribution in [3.8, 4) is 0 Å². The van der Waals surface area contributed by atoms with Crippen molar-refractivity contribution >= 4 is 14.4 Å². The molecule has 2 unspecified atom stereocenters. The summed E-state index contributed by atoms with van der Waals surface area (Å²) in [5.41, 5.74) is -1.90. The van der Waals surface area contributed by atoms with E-state index in [1.165, 1.54) is 6.92 Å². The quantitative estimate of drug-likeness (QED) is 0.233. The third-order valence-electron chi connectivity index (χ3n) is 1.07. The van der Waals surface area contributed by atoms with E-state index in [0.29, 0.717) is 0 Å². The normalized spacial score (nSPS) is 15.5. The third-order valence-corrected chi connectivity index (χ3v) is 1.76. The average Bonchev–Trinajstić information content (AvgIpc) is 2.04. The zero-order chi connectivity index (χ0) is 9.78. The molecule has 0 saturated heterocycles. The Labute approximate surface area is 71.7 Å². The molecule has 0 aromatic carbocycles. The largest absolute Gasteiger partial charge is 0.419 e. The summed E-state index contributed by atoms with van der Waals surface area (Å²) >= 11 is 0. The highest BCUT2D eigenvalue weighted by Gasteiger charge is 2.25. The Balaban J connectivity index is 4.41. The Morgan fingerprint density at radius 1 is 1.75 bits per heavy atom. The molecule has 1 N–H and O–H groups in total. The Hall–Kier alpha value is -0.860. The van der Waals surface area contributed by atoms with Crippen LogP contribution < -0.4 is 0 Å². The summed E-state index contributed by atoms with van der Waals surface area (Å²) in [5.74, 6) is -0.791. The molecule has 0 aromatic heterocycles. The molecule has 0 aromatic rings. The predicted molar refractivity (Wildman–Crippen MR) is 46.4 cm³/mol. The number of hydrogen-bond donors (Lipinski definition) is 1. The topological polar surface area (TPSA) is 63.6 Å². The van der Waals surface area contributed by atoms with E-state index >= 15 is 0 Å². The molecule has 0 spiro atoms. The molecule has 2 atom stereocenters. The molecule has 0 bridgehead atoms. The first-order valence-corrected chi connectivity index (χ1v) is 4.21. The smallest absolute Gasteiger partial charge is 0.336 e. The van der Waals surface area contributed by atoms with Crippen molar-refractivity contribution in [2.75, 3.05) is 0 Å². The van der Waals surface area contributed by atoms with Crippen LogP contribution in [0.2, 0.25) is 0 Å². The number of esters is 1. The second-order valence-electron chi connectivity index (χ2n) is 2.24. The van der Waals surface area contributed by atoms with E-state index in [2.05, 4.69) is 17.9 Å². The first-order chi connectivity index (χ1) is 5.45. The zero-order valence-electron chi connectivity index (χ0n) is 6.74. The molecule has 0 radical (unpaired) electrons. The fraction of sp³-hybridized carbons (Fsp3) is 0.286. The lowest BCUT2D eigenvalue weighted by molar-refractivity contribution is -0.162. The first-order valence-electron chi connectivity index (χ1n) is 3.16. The summed E-state index contributed by atoms with van der Waals surface area (Å²) in [7, 11) is -1.67. The SMILES string of the molecule is C=CC(O)(OC(=O)C(=C)C)[PH2]=O. The predicted octanol–water partition coefficient (Wildman–Crippen LogP) is 0.694. The fourth-order valence-electron chi connectivity index (χ4n) is 0.349. The summed E-state index contributed by atoms with van der Waals surface area (Å²) in [4.78, 5) is 10.8. The molecule has 0 heterocycles. The molecule has 0 rings (SSSR count). The molecular formula is C7H11O4P. The van der Waals surface area contributed by atoms with Gasteiger partial charge in [-0.05, 0) is 13.0 Å². The Kier molecular flexibility index (Phi) is 3.93. The zero-order valence-corrected chi connectivity index (χ0v) is 7.90. The molecule has 0 amide bonds. The Bertz CT molecular complexity index is 226. The highest BCUT2D eigenvalue weighted by atomic mass is 31.1. The van der Waals surface area contributed by atoms with E-state index in [1.807, 2.05) is 0 Å². The molecule has 0 saturated carbocycles. The van der Waals surface area contributed by atoms with Crippen molar-refractivity contribution in [1.82, 2.24) is 0 Å². The minimum absolute atomic E-state index is 0.128. The molecule has 0 aliphatic rings. The maximum atomic E-state index is 10.8. The number of carbonyl (C=O) groups excluding carboxylic acids is 1. The standard InChI is InChI=1S/C7H11O4P/c1-4-7(9,12-10)11-6(8)5(2)3/h4,9H,1-2,12H2,3H3. The lowest BCUT2D eigenvalue weighted by Crippen LogP contribution is -2.26. The number of carbonyl (C=O) groups is 1. The minimum atomic E-state index is -2.03. The highest BCUT2D eigenvalue weighted by molar-refractivity contribution is 7.25. The van der Waals surface area contributed by atoms with Crippen LogP contribution in [0, 0.1) is 0 Å². The number of hydrogen-bond acceptors (Lipinski definition) is 4. The van der Waals surface area contributed by atoms with Crippen molar-refractivity contribution in [2.24, 2.45) is 0 Å². The van der Waals surface area contributed by atoms with Gasteiger partial charge in [0.2, 0.25) is 0 Å². The van der Waals surface area contributed by atoms with Gasteiger partial charge in [0.05, 0.1) is 0 Å². The van der Waals surface area contributed by atoms with Gasteiger partial charge < -0.3 is 14.4 Å². The first kappa shape index (κ1) is 11.1. The maximum Gasteiger partial charge on any atom is 0.336 e. The van der Waals surface area contributed by atoms with Crippen LogP contribution in [0.15, 0.2) is 24.8 Å². The summed E-state index contributed by atoms with van der Waals surface area (Å²) < 4.78 is 14.8. The number of ether oxygens (including phenoxy) is 1. The van der Waals surface area contributed by atoms with Crippen LogP contribution in [-0.4, -0.2) is 16.6 Å². The molecule has 68 valence electrons. The summed E-state index contributed by atoms with van der Waals surface area (Å²) in [6.45, 7) is 7.90. The molecule has 12 heavy (non-hydrogen) atoms. The van der Waals surface area contributed by atoms with Gasteiger partial charge in [-0.2, -0.15) is 0 Å². The van der Waals surface area contributed by atoms with Gasteiger partial charge in [-0.25, -0.2) is 4.79 Å². The number of aliphatic hydroxyl groups is 1. The maximum absolute atomic E-state index is 10.8. The van der Waals surface area contributed by atoms with Crippen molar-refractivity contribution in [1.29, 1.82) is 0 Å². The summed E-state index contributed by atoms with van der Waals surface area (Å²) in [6, 6.07) is 0. The van der Waals surface area contributed by atoms with Crippen LogP contribution in [-0.2, 0) is 14.1 Å². The van der Waals surface area contributed by atoms with Gasteiger partial charge in [0.25, 0.3) is 5.53 Å². The van der Waals surface area contributed by atoms with E-state index in [9.17, 15) is 14.5 Å². The Morgan fingerprint density at radius 3 is 2.50 bits per heavy atom. The van der Waals surface area contributed by atoms with Crippen LogP contribution in [0.4, 0.5) is 0 Å². The lowest BCUT2D eigenvalue weighted by Gasteiger charge is -2.17. The average molecular weight is 190 g/mol. The van der Waals surface area contributed by atoms with E-state index in [-0.39, 0.29) is 5.57 Å². The lowest BCUT2D eigenvalue weighted by atomic mass is 10.4. The molecule has 5 heteroatoms. The van der Waals surface area contributed by atoms with Gasteiger partial charge in [0, 0.05) is 5.57 Å².